The van der Waals surface area contributed by atoms with E-state index in [4.69, 9.17) is 14.2 Å². The van der Waals surface area contributed by atoms with E-state index < -0.39 is 6.10 Å². The molecule has 56 heavy (non-hydrogen) atoms. The first kappa shape index (κ1) is 54.4. The Kier molecular flexibility index (Phi) is 43.2. The van der Waals surface area contributed by atoms with Gasteiger partial charge >= 0.3 is 17.9 Å². The van der Waals surface area contributed by atoms with Crippen LogP contribution in [0, 0.1) is 5.92 Å². The first-order valence-corrected chi connectivity index (χ1v) is 24.9. The Bertz CT molecular complexity index is 843. The van der Waals surface area contributed by atoms with E-state index in [-0.39, 0.29) is 31.1 Å². The van der Waals surface area contributed by atoms with Gasteiger partial charge in [0.1, 0.15) is 13.2 Å². The molecule has 0 aliphatic heterocycles. The molecule has 0 fully saturated rings. The fraction of sp³-hybridized carbons (Fsp3) is 0.940. The van der Waals surface area contributed by atoms with Crippen molar-refractivity contribution >= 4 is 17.9 Å². The van der Waals surface area contributed by atoms with Crippen molar-refractivity contribution in [2.45, 2.75) is 284 Å². The minimum absolute atomic E-state index is 0.0633. The molecular formula is C50H96O6. The Hall–Kier alpha value is -1.59. The summed E-state index contributed by atoms with van der Waals surface area (Å²) in [5.74, 6) is -0.00120. The van der Waals surface area contributed by atoms with Crippen LogP contribution in [0.1, 0.15) is 278 Å². The van der Waals surface area contributed by atoms with E-state index in [9.17, 15) is 14.4 Å². The third kappa shape index (κ3) is 42.0. The Balaban J connectivity index is 4.30. The molecule has 6 nitrogen and oxygen atoms in total. The summed E-state index contributed by atoms with van der Waals surface area (Å²) >= 11 is 0. The maximum atomic E-state index is 12.7. The number of esters is 3. The Labute approximate surface area is 348 Å². The summed E-state index contributed by atoms with van der Waals surface area (Å²) in [4.78, 5) is 37.8. The molecule has 6 heteroatoms. The molecule has 0 amide bonds. The zero-order chi connectivity index (χ0) is 41.0. The summed E-state index contributed by atoms with van der Waals surface area (Å²) in [6.07, 6.45) is 45.1. The summed E-state index contributed by atoms with van der Waals surface area (Å²) in [5.41, 5.74) is 0. The molecule has 0 spiro atoms. The minimum Gasteiger partial charge on any atom is -0.462 e. The van der Waals surface area contributed by atoms with Crippen LogP contribution in [0.2, 0.25) is 0 Å². The van der Waals surface area contributed by atoms with Gasteiger partial charge in [0.25, 0.3) is 0 Å². The van der Waals surface area contributed by atoms with E-state index in [0.717, 1.165) is 63.7 Å². The molecule has 0 bridgehead atoms. The zero-order valence-electron chi connectivity index (χ0n) is 38.1. The summed E-state index contributed by atoms with van der Waals surface area (Å²) in [6.45, 7) is 9.01. The molecule has 0 heterocycles. The van der Waals surface area contributed by atoms with Crippen molar-refractivity contribution < 1.29 is 28.6 Å². The Morgan fingerprint density at radius 2 is 0.625 bits per heavy atom. The van der Waals surface area contributed by atoms with Crippen molar-refractivity contribution in [3.05, 3.63) is 0 Å². The second kappa shape index (κ2) is 44.5. The van der Waals surface area contributed by atoms with E-state index in [1.54, 1.807) is 0 Å². The van der Waals surface area contributed by atoms with Gasteiger partial charge in [-0.2, -0.15) is 0 Å². The lowest BCUT2D eigenvalue weighted by Gasteiger charge is -2.18. The molecule has 0 aliphatic rings. The summed E-state index contributed by atoms with van der Waals surface area (Å²) in [5, 5.41) is 0. The van der Waals surface area contributed by atoms with E-state index >= 15 is 0 Å². The van der Waals surface area contributed by atoms with Crippen LogP contribution in [0.4, 0.5) is 0 Å². The molecule has 0 saturated carbocycles. The predicted molar refractivity (Wildman–Crippen MR) is 238 cm³/mol. The number of hydrogen-bond donors (Lipinski definition) is 0. The molecule has 0 rings (SSSR count). The normalized spacial score (nSPS) is 12.4. The number of rotatable bonds is 45. The van der Waals surface area contributed by atoms with Crippen molar-refractivity contribution in [3.8, 4) is 0 Å². The summed E-state index contributed by atoms with van der Waals surface area (Å²) < 4.78 is 16.8. The lowest BCUT2D eigenvalue weighted by molar-refractivity contribution is -0.167. The molecule has 0 radical (unpaired) electrons. The third-order valence-electron chi connectivity index (χ3n) is 11.7. The molecule has 0 aliphatic carbocycles. The van der Waals surface area contributed by atoms with Gasteiger partial charge in [-0.1, -0.05) is 240 Å². The Morgan fingerprint density at radius 3 is 0.929 bits per heavy atom. The maximum Gasteiger partial charge on any atom is 0.306 e. The van der Waals surface area contributed by atoms with Gasteiger partial charge in [-0.05, 0) is 25.2 Å². The van der Waals surface area contributed by atoms with Crippen LogP contribution in [-0.4, -0.2) is 37.2 Å². The highest BCUT2D eigenvalue weighted by molar-refractivity contribution is 5.71. The van der Waals surface area contributed by atoms with Crippen LogP contribution in [0.3, 0.4) is 0 Å². The fourth-order valence-corrected chi connectivity index (χ4v) is 7.48. The second-order valence-corrected chi connectivity index (χ2v) is 17.3. The van der Waals surface area contributed by atoms with E-state index in [2.05, 4.69) is 27.7 Å². The van der Waals surface area contributed by atoms with Gasteiger partial charge in [-0.15, -0.1) is 0 Å². The quantitative estimate of drug-likeness (QED) is 0.0347. The molecule has 0 aromatic rings. The van der Waals surface area contributed by atoms with E-state index in [1.807, 2.05) is 0 Å². The molecule has 0 N–H and O–H groups in total. The number of ether oxygens (including phenoxy) is 3. The van der Waals surface area contributed by atoms with Crippen molar-refractivity contribution in [2.75, 3.05) is 13.2 Å². The number of carbonyl (C=O) groups is 3. The molecule has 0 aromatic heterocycles. The average Bonchev–Trinajstić information content (AvgIpc) is 3.19. The molecule has 2 atom stereocenters. The second-order valence-electron chi connectivity index (χ2n) is 17.3. The number of carbonyl (C=O) groups excluding carboxylic acids is 3. The predicted octanol–water partition coefficient (Wildman–Crippen LogP) is 15.9. The Morgan fingerprint density at radius 1 is 0.357 bits per heavy atom. The van der Waals surface area contributed by atoms with Crippen molar-refractivity contribution in [3.63, 3.8) is 0 Å². The van der Waals surface area contributed by atoms with Crippen LogP contribution in [0.15, 0.2) is 0 Å². The lowest BCUT2D eigenvalue weighted by atomic mass is 9.99. The first-order chi connectivity index (χ1) is 27.4. The van der Waals surface area contributed by atoms with Gasteiger partial charge in [0.05, 0.1) is 0 Å². The maximum absolute atomic E-state index is 12.7. The third-order valence-corrected chi connectivity index (χ3v) is 11.7. The van der Waals surface area contributed by atoms with E-state index in [0.29, 0.717) is 19.3 Å². The molecular weight excluding hydrogens is 697 g/mol. The van der Waals surface area contributed by atoms with Gasteiger partial charge in [0.15, 0.2) is 6.10 Å². The van der Waals surface area contributed by atoms with E-state index in [1.165, 1.54) is 173 Å². The molecule has 332 valence electrons. The number of unbranched alkanes of at least 4 members (excludes halogenated alkanes) is 31. The zero-order valence-corrected chi connectivity index (χ0v) is 38.1. The van der Waals surface area contributed by atoms with Crippen molar-refractivity contribution in [2.24, 2.45) is 5.92 Å². The SMILES string of the molecule is CCCCCCCCCCCCCCCCCC(=O)OC[C@H](COC(=O)CCCCCCCCCCC(C)CC)OC(=O)CCCCCCCCCCCCC. The highest BCUT2D eigenvalue weighted by Gasteiger charge is 2.19. The average molecular weight is 793 g/mol. The van der Waals surface area contributed by atoms with Crippen LogP contribution in [0.5, 0.6) is 0 Å². The summed E-state index contributed by atoms with van der Waals surface area (Å²) in [7, 11) is 0. The molecule has 0 saturated heterocycles. The largest absolute Gasteiger partial charge is 0.462 e. The monoisotopic (exact) mass is 793 g/mol. The van der Waals surface area contributed by atoms with Crippen molar-refractivity contribution in [1.29, 1.82) is 0 Å². The van der Waals surface area contributed by atoms with Gasteiger partial charge in [0, 0.05) is 19.3 Å². The lowest BCUT2D eigenvalue weighted by Crippen LogP contribution is -2.30. The molecule has 1 unspecified atom stereocenters. The van der Waals surface area contributed by atoms with Gasteiger partial charge in [-0.3, -0.25) is 14.4 Å². The highest BCUT2D eigenvalue weighted by Crippen LogP contribution is 2.17. The minimum atomic E-state index is -0.760. The van der Waals surface area contributed by atoms with Gasteiger partial charge < -0.3 is 14.2 Å². The fourth-order valence-electron chi connectivity index (χ4n) is 7.48. The van der Waals surface area contributed by atoms with Gasteiger partial charge in [-0.25, -0.2) is 0 Å². The van der Waals surface area contributed by atoms with Crippen LogP contribution >= 0.6 is 0 Å². The standard InChI is InChI=1S/C50H96O6/c1-5-8-10-12-14-16-18-19-20-21-23-24-29-33-37-41-48(51)54-44-47(56-50(53)43-39-35-31-25-22-17-15-13-11-9-6-2)45-55-49(52)42-38-34-30-27-26-28-32-36-40-46(4)7-3/h46-47H,5-45H2,1-4H3/t46?,47-/m1/s1. The van der Waals surface area contributed by atoms with Crippen LogP contribution < -0.4 is 0 Å². The smallest absolute Gasteiger partial charge is 0.306 e. The van der Waals surface area contributed by atoms with Crippen molar-refractivity contribution in [1.82, 2.24) is 0 Å². The van der Waals surface area contributed by atoms with Gasteiger partial charge in [0.2, 0.25) is 0 Å². The molecule has 0 aromatic carbocycles. The number of hydrogen-bond acceptors (Lipinski definition) is 6. The first-order valence-electron chi connectivity index (χ1n) is 24.9. The highest BCUT2D eigenvalue weighted by atomic mass is 16.6. The topological polar surface area (TPSA) is 78.9 Å². The van der Waals surface area contributed by atoms with Crippen LogP contribution in [-0.2, 0) is 28.6 Å². The summed E-state index contributed by atoms with van der Waals surface area (Å²) in [6, 6.07) is 0. The van der Waals surface area contributed by atoms with Crippen LogP contribution in [0.25, 0.3) is 0 Å².